The summed E-state index contributed by atoms with van der Waals surface area (Å²) in [7, 11) is 3.07. The predicted molar refractivity (Wildman–Crippen MR) is 104 cm³/mol. The van der Waals surface area contributed by atoms with Crippen molar-refractivity contribution in [2.75, 3.05) is 14.2 Å². The van der Waals surface area contributed by atoms with Crippen LogP contribution in [0.3, 0.4) is 0 Å². The van der Waals surface area contributed by atoms with Crippen LogP contribution in [0.5, 0.6) is 23.0 Å². The zero-order valence-electron chi connectivity index (χ0n) is 15.9. The smallest absolute Gasteiger partial charge is 0.488 e. The molecule has 12 heteroatoms. The molecule has 0 spiro atoms. The summed E-state index contributed by atoms with van der Waals surface area (Å²) in [5.41, 5.74) is 2.36. The van der Waals surface area contributed by atoms with Gasteiger partial charge in [0.15, 0.2) is 28.2 Å². The molecule has 0 bridgehead atoms. The normalized spacial score (nSPS) is 19.7. The molecule has 3 aromatic rings. The topological polar surface area (TPSA) is 78.5 Å². The lowest BCUT2D eigenvalue weighted by atomic mass is 10.2. The Bertz CT molecular complexity index is 1070. The van der Waals surface area contributed by atoms with Gasteiger partial charge in [-0.15, -0.1) is 0 Å². The first-order valence-electron chi connectivity index (χ1n) is 8.52. The van der Waals surface area contributed by atoms with Gasteiger partial charge in [0.1, 0.15) is 0 Å². The molecule has 1 aromatic carbocycles. The van der Waals surface area contributed by atoms with Crippen LogP contribution in [-0.4, -0.2) is 40.6 Å². The molecular weight excluding hydrogens is 447 g/mol. The number of halogens is 4. The van der Waals surface area contributed by atoms with Crippen LogP contribution in [0.15, 0.2) is 23.5 Å². The lowest BCUT2D eigenvalue weighted by molar-refractivity contribution is -0.303. The molecule has 2 aromatic heterocycles. The minimum atomic E-state index is -4.34. The molecule has 0 radical (unpaired) electrons. The molecule has 1 unspecified atom stereocenters. The standard InChI is InChI=1S/C18H15ClF3N3O4S/c1-8-11(23-6-14(26-2)15(8)27-3)7-30-16-24-9-4-12-13(5-10(9)25-16)29-18(21,22)17(19,20)28-12/h4-6H,7H2,1-3H3,(H,24,25). The fraction of sp³-hybridized carbons (Fsp3) is 0.333. The van der Waals surface area contributed by atoms with E-state index in [2.05, 4.69) is 24.4 Å². The molecule has 1 aliphatic rings. The van der Waals surface area contributed by atoms with Crippen LogP contribution in [0.25, 0.3) is 11.0 Å². The Morgan fingerprint density at radius 2 is 1.90 bits per heavy atom. The number of ether oxygens (including phenoxy) is 4. The summed E-state index contributed by atoms with van der Waals surface area (Å²) in [6, 6.07) is 2.53. The average Bonchev–Trinajstić information content (AvgIpc) is 3.07. The summed E-state index contributed by atoms with van der Waals surface area (Å²) in [4.78, 5) is 11.7. The molecule has 1 atom stereocenters. The third-order valence-corrected chi connectivity index (χ3v) is 5.63. The molecule has 0 saturated carbocycles. The fourth-order valence-electron chi connectivity index (χ4n) is 2.91. The maximum Gasteiger partial charge on any atom is 0.488 e. The number of aromatic amines is 1. The Hall–Kier alpha value is -2.53. The molecule has 160 valence electrons. The number of fused-ring (bicyclic) bond motifs is 2. The van der Waals surface area contributed by atoms with Crippen LogP contribution in [0.1, 0.15) is 11.3 Å². The third kappa shape index (κ3) is 3.45. The summed E-state index contributed by atoms with van der Waals surface area (Å²) in [6.45, 7) is 1.86. The van der Waals surface area contributed by atoms with Gasteiger partial charge < -0.3 is 23.9 Å². The van der Waals surface area contributed by atoms with Crippen molar-refractivity contribution in [2.45, 2.75) is 29.3 Å². The number of alkyl halides is 4. The number of rotatable bonds is 5. The number of pyridine rings is 1. The van der Waals surface area contributed by atoms with Gasteiger partial charge in [0.05, 0.1) is 37.1 Å². The van der Waals surface area contributed by atoms with Crippen molar-refractivity contribution in [3.05, 3.63) is 29.6 Å². The van der Waals surface area contributed by atoms with Crippen LogP contribution in [-0.2, 0) is 5.75 Å². The SMILES string of the molecule is COc1cnc(CSc2nc3cc4c(cc3[nH]2)OC(F)(F)C(F)(Cl)O4)c(C)c1OC. The summed E-state index contributed by atoms with van der Waals surface area (Å²) in [5, 5.41) is -3.31. The molecule has 7 nitrogen and oxygen atoms in total. The van der Waals surface area contributed by atoms with Crippen molar-refractivity contribution in [3.8, 4) is 23.0 Å². The van der Waals surface area contributed by atoms with E-state index in [-0.39, 0.29) is 11.5 Å². The van der Waals surface area contributed by atoms with Crippen LogP contribution in [0.2, 0.25) is 0 Å². The van der Waals surface area contributed by atoms with E-state index < -0.39 is 11.4 Å². The van der Waals surface area contributed by atoms with Crippen LogP contribution < -0.4 is 18.9 Å². The molecular formula is C18H15ClF3N3O4S. The number of aromatic nitrogens is 3. The van der Waals surface area contributed by atoms with Gasteiger partial charge in [-0.3, -0.25) is 4.98 Å². The van der Waals surface area contributed by atoms with Gasteiger partial charge >= 0.3 is 11.4 Å². The first-order chi connectivity index (χ1) is 14.1. The maximum absolute atomic E-state index is 13.8. The number of imidazole rings is 1. The molecule has 4 rings (SSSR count). The molecule has 1 aliphatic heterocycles. The number of benzene rings is 1. The number of nitrogens with one attached hydrogen (secondary N) is 1. The lowest BCUT2D eigenvalue weighted by Gasteiger charge is -2.33. The van der Waals surface area contributed by atoms with Crippen molar-refractivity contribution in [1.82, 2.24) is 15.0 Å². The second-order valence-electron chi connectivity index (χ2n) is 6.32. The van der Waals surface area contributed by atoms with E-state index in [1.807, 2.05) is 6.92 Å². The maximum atomic E-state index is 13.8. The van der Waals surface area contributed by atoms with Crippen LogP contribution in [0.4, 0.5) is 13.2 Å². The quantitative estimate of drug-likeness (QED) is 0.432. The molecule has 3 heterocycles. The number of hydrogen-bond acceptors (Lipinski definition) is 7. The lowest BCUT2D eigenvalue weighted by Crippen LogP contribution is -2.51. The van der Waals surface area contributed by atoms with E-state index in [1.165, 1.54) is 31.0 Å². The summed E-state index contributed by atoms with van der Waals surface area (Å²) < 4.78 is 60.6. The Morgan fingerprint density at radius 1 is 1.17 bits per heavy atom. The largest absolute Gasteiger partial charge is 0.492 e. The van der Waals surface area contributed by atoms with Crippen molar-refractivity contribution >= 4 is 34.4 Å². The monoisotopic (exact) mass is 461 g/mol. The van der Waals surface area contributed by atoms with E-state index in [9.17, 15) is 13.2 Å². The van der Waals surface area contributed by atoms with E-state index in [0.717, 1.165) is 11.3 Å². The number of nitrogens with zero attached hydrogens (tertiary/aromatic N) is 2. The van der Waals surface area contributed by atoms with Gasteiger partial charge in [-0.2, -0.15) is 13.2 Å². The minimum absolute atomic E-state index is 0.272. The Kier molecular flexibility index (Phi) is 5.05. The zero-order valence-corrected chi connectivity index (χ0v) is 17.5. The summed E-state index contributed by atoms with van der Waals surface area (Å²) >= 11 is 6.44. The van der Waals surface area contributed by atoms with E-state index in [1.54, 1.807) is 13.3 Å². The molecule has 0 amide bonds. The first kappa shape index (κ1) is 20.7. The summed E-state index contributed by atoms with van der Waals surface area (Å²) in [5.74, 6) is 0.946. The van der Waals surface area contributed by atoms with Crippen LogP contribution >= 0.6 is 23.4 Å². The Morgan fingerprint density at radius 3 is 2.60 bits per heavy atom. The second kappa shape index (κ2) is 7.31. The Balaban J connectivity index is 1.59. The number of H-pyrrole nitrogens is 1. The molecule has 0 aliphatic carbocycles. The second-order valence-corrected chi connectivity index (χ2v) is 7.77. The average molecular weight is 462 g/mol. The number of methoxy groups -OCH3 is 2. The van der Waals surface area contributed by atoms with Crippen molar-refractivity contribution in [3.63, 3.8) is 0 Å². The molecule has 0 fully saturated rings. The van der Waals surface area contributed by atoms with E-state index in [0.29, 0.717) is 33.4 Å². The Labute approximate surface area is 177 Å². The highest BCUT2D eigenvalue weighted by atomic mass is 35.5. The van der Waals surface area contributed by atoms with E-state index >= 15 is 0 Å². The number of thioether (sulfide) groups is 1. The first-order valence-corrected chi connectivity index (χ1v) is 9.88. The van der Waals surface area contributed by atoms with E-state index in [4.69, 9.17) is 21.1 Å². The molecule has 1 N–H and O–H groups in total. The van der Waals surface area contributed by atoms with Crippen molar-refractivity contribution in [2.24, 2.45) is 0 Å². The fourth-order valence-corrected chi connectivity index (χ4v) is 3.94. The minimum Gasteiger partial charge on any atom is -0.492 e. The molecule has 30 heavy (non-hydrogen) atoms. The van der Waals surface area contributed by atoms with Gasteiger partial charge in [-0.1, -0.05) is 11.8 Å². The van der Waals surface area contributed by atoms with Crippen LogP contribution in [0, 0.1) is 6.92 Å². The van der Waals surface area contributed by atoms with Crippen molar-refractivity contribution < 1.29 is 32.1 Å². The van der Waals surface area contributed by atoms with Gasteiger partial charge in [0, 0.05) is 23.4 Å². The third-order valence-electron chi connectivity index (χ3n) is 4.45. The van der Waals surface area contributed by atoms with Crippen molar-refractivity contribution in [1.29, 1.82) is 0 Å². The van der Waals surface area contributed by atoms with Gasteiger partial charge in [-0.05, 0) is 18.5 Å². The highest BCUT2D eigenvalue weighted by Gasteiger charge is 2.63. The van der Waals surface area contributed by atoms with Gasteiger partial charge in [-0.25, -0.2) is 4.98 Å². The zero-order chi connectivity index (χ0) is 21.7. The summed E-state index contributed by atoms with van der Waals surface area (Å²) in [6.07, 6.45) is -2.78. The highest BCUT2D eigenvalue weighted by molar-refractivity contribution is 7.98. The highest BCUT2D eigenvalue weighted by Crippen LogP contribution is 2.49. The van der Waals surface area contributed by atoms with Gasteiger partial charge in [0.2, 0.25) is 0 Å². The van der Waals surface area contributed by atoms with Gasteiger partial charge in [0.25, 0.3) is 0 Å². The molecule has 0 saturated heterocycles. The predicted octanol–water partition coefficient (Wildman–Crippen LogP) is 4.80. The number of hydrogen-bond donors (Lipinski definition) is 1.